The molecule has 6 heteroatoms. The van der Waals surface area contributed by atoms with Gasteiger partial charge in [0.15, 0.2) is 0 Å². The van der Waals surface area contributed by atoms with Gasteiger partial charge in [-0.15, -0.1) is 0 Å². The molecule has 1 aliphatic heterocycles. The van der Waals surface area contributed by atoms with Crippen LogP contribution < -0.4 is 10.6 Å². The molecule has 0 radical (unpaired) electrons. The lowest BCUT2D eigenvalue weighted by molar-refractivity contribution is -0.152. The molecule has 2 rings (SSSR count). The molecule has 0 aromatic heterocycles. The number of benzene rings is 1. The van der Waals surface area contributed by atoms with E-state index < -0.39 is 11.5 Å². The second-order valence-electron chi connectivity index (χ2n) is 7.22. The summed E-state index contributed by atoms with van der Waals surface area (Å²) in [5.74, 6) is -0.355. The molecule has 144 valence electrons. The number of carbonyl (C=O) groups is 2. The second kappa shape index (κ2) is 9.69. The summed E-state index contributed by atoms with van der Waals surface area (Å²) in [5.41, 5.74) is 0.460. The third-order valence-corrected chi connectivity index (χ3v) is 4.97. The number of hydrogen-bond acceptors (Lipinski definition) is 6. The average molecular weight is 362 g/mol. The Morgan fingerprint density at radius 2 is 2.00 bits per heavy atom. The number of carbonyl (C=O) groups excluding carboxylic acids is 2. The molecule has 0 spiro atoms. The van der Waals surface area contributed by atoms with E-state index in [9.17, 15) is 9.59 Å². The minimum atomic E-state index is -0.503. The van der Waals surface area contributed by atoms with Crippen LogP contribution in [-0.2, 0) is 25.7 Å². The maximum absolute atomic E-state index is 12.5. The van der Waals surface area contributed by atoms with Gasteiger partial charge in [0.25, 0.3) is 0 Å². The fraction of sp³-hybridized carbons (Fsp3) is 0.600. The highest BCUT2D eigenvalue weighted by Gasteiger charge is 2.42. The van der Waals surface area contributed by atoms with Gasteiger partial charge in [0.05, 0.1) is 12.5 Å². The van der Waals surface area contributed by atoms with Crippen LogP contribution in [0.25, 0.3) is 0 Å². The van der Waals surface area contributed by atoms with Crippen molar-refractivity contribution in [3.8, 4) is 0 Å². The molecular weight excluding hydrogens is 332 g/mol. The van der Waals surface area contributed by atoms with Crippen LogP contribution in [0.2, 0.25) is 0 Å². The normalized spacial score (nSPS) is 20.8. The molecule has 1 aromatic carbocycles. The number of ether oxygens (including phenoxy) is 2. The number of nitrogens with one attached hydrogen (secondary N) is 2. The van der Waals surface area contributed by atoms with Gasteiger partial charge in [-0.2, -0.15) is 0 Å². The highest BCUT2D eigenvalue weighted by Crippen LogP contribution is 2.30. The van der Waals surface area contributed by atoms with Gasteiger partial charge in [-0.05, 0) is 37.4 Å². The molecule has 2 N–H and O–H groups in total. The molecule has 1 aliphatic rings. The van der Waals surface area contributed by atoms with Crippen molar-refractivity contribution in [2.45, 2.75) is 39.3 Å². The Bertz CT molecular complexity index is 583. The molecular formula is C20H30N2O4. The zero-order valence-corrected chi connectivity index (χ0v) is 15.9. The topological polar surface area (TPSA) is 76.7 Å². The quantitative estimate of drug-likeness (QED) is 0.654. The standard InChI is InChI=1S/C20H30N2O4/c1-15(2)17(18(23)26-13-16-7-5-4-6-8-16)22-12-10-20(19(24)25-3)9-11-21-14-20/h4-8,15,17,21-22H,9-14H2,1-3H3/t17-,20?/m0/s1. The lowest BCUT2D eigenvalue weighted by Gasteiger charge is -2.27. The van der Waals surface area contributed by atoms with Crippen molar-refractivity contribution >= 4 is 11.9 Å². The Balaban J connectivity index is 1.87. The van der Waals surface area contributed by atoms with Crippen molar-refractivity contribution in [2.75, 3.05) is 26.7 Å². The van der Waals surface area contributed by atoms with E-state index in [1.807, 2.05) is 44.2 Å². The van der Waals surface area contributed by atoms with E-state index in [0.29, 0.717) is 19.5 Å². The van der Waals surface area contributed by atoms with Crippen LogP contribution in [0.5, 0.6) is 0 Å². The first-order valence-electron chi connectivity index (χ1n) is 9.21. The van der Waals surface area contributed by atoms with Gasteiger partial charge in [-0.1, -0.05) is 44.2 Å². The molecule has 6 nitrogen and oxygen atoms in total. The Kier molecular flexibility index (Phi) is 7.60. The second-order valence-corrected chi connectivity index (χ2v) is 7.22. The molecule has 1 saturated heterocycles. The number of rotatable bonds is 9. The van der Waals surface area contributed by atoms with E-state index in [2.05, 4.69) is 10.6 Å². The van der Waals surface area contributed by atoms with Gasteiger partial charge in [0.2, 0.25) is 0 Å². The van der Waals surface area contributed by atoms with E-state index in [1.165, 1.54) is 7.11 Å². The van der Waals surface area contributed by atoms with Crippen LogP contribution in [0, 0.1) is 11.3 Å². The smallest absolute Gasteiger partial charge is 0.323 e. The average Bonchev–Trinajstić information content (AvgIpc) is 3.13. The Labute approximate surface area is 155 Å². The fourth-order valence-corrected chi connectivity index (χ4v) is 3.33. The minimum absolute atomic E-state index is 0.0917. The van der Waals surface area contributed by atoms with E-state index in [0.717, 1.165) is 18.5 Å². The highest BCUT2D eigenvalue weighted by atomic mass is 16.5. The Morgan fingerprint density at radius 3 is 2.58 bits per heavy atom. The van der Waals surface area contributed by atoms with E-state index in [4.69, 9.17) is 9.47 Å². The Morgan fingerprint density at radius 1 is 1.27 bits per heavy atom. The molecule has 2 atom stereocenters. The molecule has 0 aliphatic carbocycles. The monoisotopic (exact) mass is 362 g/mol. The highest BCUT2D eigenvalue weighted by molar-refractivity contribution is 5.78. The minimum Gasteiger partial charge on any atom is -0.469 e. The third kappa shape index (κ3) is 5.29. The van der Waals surface area contributed by atoms with Crippen molar-refractivity contribution in [1.82, 2.24) is 10.6 Å². The maximum atomic E-state index is 12.5. The van der Waals surface area contributed by atoms with Gasteiger partial charge in [0.1, 0.15) is 12.6 Å². The van der Waals surface area contributed by atoms with E-state index >= 15 is 0 Å². The lowest BCUT2D eigenvalue weighted by atomic mass is 9.83. The van der Waals surface area contributed by atoms with Gasteiger partial charge in [-0.3, -0.25) is 9.59 Å². The molecule has 1 heterocycles. The van der Waals surface area contributed by atoms with Crippen LogP contribution in [0.3, 0.4) is 0 Å². The molecule has 1 aromatic rings. The zero-order valence-electron chi connectivity index (χ0n) is 15.9. The lowest BCUT2D eigenvalue weighted by Crippen LogP contribution is -2.45. The first kappa shape index (κ1) is 20.4. The van der Waals surface area contributed by atoms with Crippen molar-refractivity contribution in [3.05, 3.63) is 35.9 Å². The van der Waals surface area contributed by atoms with Crippen LogP contribution in [-0.4, -0.2) is 44.7 Å². The number of esters is 2. The summed E-state index contributed by atoms with van der Waals surface area (Å²) in [6.07, 6.45) is 1.38. The largest absolute Gasteiger partial charge is 0.469 e. The van der Waals surface area contributed by atoms with Gasteiger partial charge < -0.3 is 20.1 Å². The van der Waals surface area contributed by atoms with Gasteiger partial charge >= 0.3 is 11.9 Å². The summed E-state index contributed by atoms with van der Waals surface area (Å²) in [5, 5.41) is 6.51. The van der Waals surface area contributed by atoms with Crippen LogP contribution in [0.4, 0.5) is 0 Å². The summed E-state index contributed by atoms with van der Waals surface area (Å²) in [6, 6.07) is 9.23. The molecule has 0 saturated carbocycles. The first-order chi connectivity index (χ1) is 12.5. The molecule has 1 fully saturated rings. The van der Waals surface area contributed by atoms with Crippen molar-refractivity contribution in [1.29, 1.82) is 0 Å². The summed E-state index contributed by atoms with van der Waals surface area (Å²) >= 11 is 0. The van der Waals surface area contributed by atoms with Gasteiger partial charge in [-0.25, -0.2) is 0 Å². The summed E-state index contributed by atoms with van der Waals surface area (Å²) in [7, 11) is 1.42. The van der Waals surface area contributed by atoms with Crippen LogP contribution >= 0.6 is 0 Å². The molecule has 1 unspecified atom stereocenters. The summed E-state index contributed by atoms with van der Waals surface area (Å²) in [4.78, 5) is 24.6. The van der Waals surface area contributed by atoms with Crippen LogP contribution in [0.15, 0.2) is 30.3 Å². The Hall–Kier alpha value is -1.92. The van der Waals surface area contributed by atoms with Crippen LogP contribution in [0.1, 0.15) is 32.3 Å². The van der Waals surface area contributed by atoms with Gasteiger partial charge in [0, 0.05) is 6.54 Å². The number of hydrogen-bond donors (Lipinski definition) is 2. The number of methoxy groups -OCH3 is 1. The summed E-state index contributed by atoms with van der Waals surface area (Å²) in [6.45, 7) is 6.21. The van der Waals surface area contributed by atoms with E-state index in [-0.39, 0.29) is 24.5 Å². The molecule has 26 heavy (non-hydrogen) atoms. The first-order valence-corrected chi connectivity index (χ1v) is 9.21. The SMILES string of the molecule is COC(=O)C1(CCN[C@H](C(=O)OCc2ccccc2)C(C)C)CCNC1. The van der Waals surface area contributed by atoms with Crippen molar-refractivity contribution < 1.29 is 19.1 Å². The summed E-state index contributed by atoms with van der Waals surface area (Å²) < 4.78 is 10.4. The van der Waals surface area contributed by atoms with Crippen molar-refractivity contribution in [3.63, 3.8) is 0 Å². The predicted molar refractivity (Wildman–Crippen MR) is 99.4 cm³/mol. The molecule has 0 bridgehead atoms. The molecule has 0 amide bonds. The van der Waals surface area contributed by atoms with Crippen molar-refractivity contribution in [2.24, 2.45) is 11.3 Å². The maximum Gasteiger partial charge on any atom is 0.323 e. The third-order valence-electron chi connectivity index (χ3n) is 4.97. The zero-order chi connectivity index (χ0) is 19.0. The van der Waals surface area contributed by atoms with E-state index in [1.54, 1.807) is 0 Å². The predicted octanol–water partition coefficient (Wildman–Crippen LogP) is 1.89. The fourth-order valence-electron chi connectivity index (χ4n) is 3.33.